The highest BCUT2D eigenvalue weighted by atomic mass is 16.5. The number of nitrogens with zero attached hydrogens (tertiary/aromatic N) is 1. The first-order valence-electron chi connectivity index (χ1n) is 6.67. The predicted octanol–water partition coefficient (Wildman–Crippen LogP) is 2.84. The van der Waals surface area contributed by atoms with Crippen LogP contribution in [0.1, 0.15) is 31.7 Å². The highest BCUT2D eigenvalue weighted by Crippen LogP contribution is 2.28. The van der Waals surface area contributed by atoms with Gasteiger partial charge in [-0.2, -0.15) is 0 Å². The van der Waals surface area contributed by atoms with Crippen molar-refractivity contribution in [1.82, 2.24) is 4.90 Å². The maximum absolute atomic E-state index is 12.0. The van der Waals surface area contributed by atoms with Crippen molar-refractivity contribution in [2.75, 3.05) is 13.7 Å². The van der Waals surface area contributed by atoms with Crippen LogP contribution in [0.3, 0.4) is 0 Å². The molecule has 1 amide bonds. The Hall–Kier alpha value is -1.51. The third-order valence-corrected chi connectivity index (χ3v) is 3.48. The molecule has 1 saturated carbocycles. The molecule has 1 aromatic rings. The third-order valence-electron chi connectivity index (χ3n) is 3.48. The van der Waals surface area contributed by atoms with Crippen molar-refractivity contribution in [3.8, 4) is 5.75 Å². The lowest BCUT2D eigenvalue weighted by atomic mass is 9.84. The maximum atomic E-state index is 12.0. The van der Waals surface area contributed by atoms with Crippen LogP contribution in [0.5, 0.6) is 5.75 Å². The van der Waals surface area contributed by atoms with Crippen molar-refractivity contribution in [1.29, 1.82) is 0 Å². The van der Waals surface area contributed by atoms with E-state index in [-0.39, 0.29) is 11.8 Å². The van der Waals surface area contributed by atoms with Crippen LogP contribution in [0.2, 0.25) is 0 Å². The number of carbonyl (C=O) groups is 1. The molecule has 1 aliphatic rings. The summed E-state index contributed by atoms with van der Waals surface area (Å²) in [4.78, 5) is 13.8. The van der Waals surface area contributed by atoms with Gasteiger partial charge in [-0.3, -0.25) is 4.79 Å². The second kappa shape index (κ2) is 5.89. The molecule has 0 aromatic heterocycles. The van der Waals surface area contributed by atoms with Gasteiger partial charge in [0.25, 0.3) is 0 Å². The molecule has 0 radical (unpaired) electrons. The molecule has 1 aromatic carbocycles. The van der Waals surface area contributed by atoms with Crippen molar-refractivity contribution in [2.45, 2.75) is 32.7 Å². The number of hydrogen-bond acceptors (Lipinski definition) is 2. The van der Waals surface area contributed by atoms with E-state index in [4.69, 9.17) is 4.74 Å². The molecule has 0 saturated heterocycles. The van der Waals surface area contributed by atoms with E-state index in [1.165, 1.54) is 6.42 Å². The summed E-state index contributed by atoms with van der Waals surface area (Å²) in [6, 6.07) is 7.96. The minimum Gasteiger partial charge on any atom is -0.494 e. The van der Waals surface area contributed by atoms with E-state index in [1.807, 2.05) is 43.1 Å². The van der Waals surface area contributed by atoms with Gasteiger partial charge >= 0.3 is 0 Å². The minimum absolute atomic E-state index is 0.276. The second-order valence-corrected chi connectivity index (χ2v) is 4.90. The summed E-state index contributed by atoms with van der Waals surface area (Å²) in [5.74, 6) is 1.45. The van der Waals surface area contributed by atoms with Gasteiger partial charge < -0.3 is 9.64 Å². The third kappa shape index (κ3) is 3.03. The van der Waals surface area contributed by atoms with E-state index in [2.05, 4.69) is 0 Å². The molecule has 0 aliphatic heterocycles. The van der Waals surface area contributed by atoms with Gasteiger partial charge in [-0.15, -0.1) is 0 Å². The Bertz CT molecular complexity index is 395. The lowest BCUT2D eigenvalue weighted by molar-refractivity contribution is -0.137. The number of amides is 1. The molecule has 98 valence electrons. The largest absolute Gasteiger partial charge is 0.494 e. The van der Waals surface area contributed by atoms with Crippen LogP contribution in [-0.4, -0.2) is 24.5 Å². The average Bonchev–Trinajstić information content (AvgIpc) is 2.29. The molecule has 3 heteroatoms. The Kier molecular flexibility index (Phi) is 4.24. The first-order chi connectivity index (χ1) is 8.70. The summed E-state index contributed by atoms with van der Waals surface area (Å²) < 4.78 is 5.40. The Balaban J connectivity index is 1.89. The van der Waals surface area contributed by atoms with Gasteiger partial charge in [-0.05, 0) is 37.5 Å². The number of ether oxygens (including phenoxy) is 1. The van der Waals surface area contributed by atoms with Crippen LogP contribution in [0.25, 0.3) is 0 Å². The molecule has 0 spiro atoms. The highest BCUT2D eigenvalue weighted by molar-refractivity contribution is 5.79. The summed E-state index contributed by atoms with van der Waals surface area (Å²) in [6.07, 6.45) is 3.33. The minimum atomic E-state index is 0.276. The Labute approximate surface area is 109 Å². The highest BCUT2D eigenvalue weighted by Gasteiger charge is 2.27. The topological polar surface area (TPSA) is 29.5 Å². The summed E-state index contributed by atoms with van der Waals surface area (Å²) in [5, 5.41) is 0. The zero-order valence-electron chi connectivity index (χ0n) is 11.2. The number of carbonyl (C=O) groups excluding carboxylic acids is 1. The van der Waals surface area contributed by atoms with Gasteiger partial charge in [-0.1, -0.05) is 18.6 Å². The number of hydrogen-bond donors (Lipinski definition) is 0. The van der Waals surface area contributed by atoms with E-state index in [1.54, 1.807) is 0 Å². The van der Waals surface area contributed by atoms with E-state index in [0.717, 1.165) is 24.2 Å². The van der Waals surface area contributed by atoms with Gasteiger partial charge in [0, 0.05) is 19.5 Å². The van der Waals surface area contributed by atoms with Crippen LogP contribution in [-0.2, 0) is 11.3 Å². The molecule has 0 N–H and O–H groups in total. The van der Waals surface area contributed by atoms with Crippen molar-refractivity contribution in [3.63, 3.8) is 0 Å². The maximum Gasteiger partial charge on any atom is 0.225 e. The van der Waals surface area contributed by atoms with Gasteiger partial charge in [0.05, 0.1) is 6.61 Å². The normalized spacial score (nSPS) is 15.0. The smallest absolute Gasteiger partial charge is 0.225 e. The number of rotatable bonds is 5. The van der Waals surface area contributed by atoms with Crippen LogP contribution in [0.4, 0.5) is 0 Å². The summed E-state index contributed by atoms with van der Waals surface area (Å²) in [7, 11) is 1.89. The van der Waals surface area contributed by atoms with Crippen molar-refractivity contribution in [3.05, 3.63) is 29.8 Å². The summed E-state index contributed by atoms with van der Waals surface area (Å²) in [5.41, 5.74) is 1.15. The Morgan fingerprint density at radius 2 is 2.00 bits per heavy atom. The average molecular weight is 247 g/mol. The van der Waals surface area contributed by atoms with Gasteiger partial charge in [-0.25, -0.2) is 0 Å². The molecule has 2 rings (SSSR count). The molecule has 0 unspecified atom stereocenters. The molecular weight excluding hydrogens is 226 g/mol. The van der Waals surface area contributed by atoms with Gasteiger partial charge in [0.2, 0.25) is 5.91 Å². The Morgan fingerprint density at radius 1 is 1.33 bits per heavy atom. The molecule has 0 bridgehead atoms. The van der Waals surface area contributed by atoms with Crippen LogP contribution < -0.4 is 4.74 Å². The zero-order valence-corrected chi connectivity index (χ0v) is 11.2. The van der Waals surface area contributed by atoms with E-state index >= 15 is 0 Å². The standard InChI is InChI=1S/C15H21NO2/c1-3-18-14-9-7-12(8-10-14)11-16(2)15(17)13-5-4-6-13/h7-10,13H,3-6,11H2,1-2H3. The fraction of sp³-hybridized carbons (Fsp3) is 0.533. The van der Waals surface area contributed by atoms with E-state index in [0.29, 0.717) is 13.2 Å². The quantitative estimate of drug-likeness (QED) is 0.800. The molecule has 1 fully saturated rings. The summed E-state index contributed by atoms with van der Waals surface area (Å²) in [6.45, 7) is 3.33. The van der Waals surface area contributed by atoms with Crippen molar-refractivity contribution in [2.24, 2.45) is 5.92 Å². The first kappa shape index (κ1) is 12.9. The van der Waals surface area contributed by atoms with Crippen molar-refractivity contribution >= 4 is 5.91 Å². The van der Waals surface area contributed by atoms with Crippen LogP contribution in [0.15, 0.2) is 24.3 Å². The van der Waals surface area contributed by atoms with E-state index in [9.17, 15) is 4.79 Å². The Morgan fingerprint density at radius 3 is 2.50 bits per heavy atom. The zero-order chi connectivity index (χ0) is 13.0. The lowest BCUT2D eigenvalue weighted by Gasteiger charge is -2.29. The van der Waals surface area contributed by atoms with Crippen molar-refractivity contribution < 1.29 is 9.53 Å². The van der Waals surface area contributed by atoms with Gasteiger partial charge in [0.1, 0.15) is 5.75 Å². The lowest BCUT2D eigenvalue weighted by Crippen LogP contribution is -2.35. The molecule has 0 atom stereocenters. The molecular formula is C15H21NO2. The predicted molar refractivity (Wildman–Crippen MR) is 71.4 cm³/mol. The van der Waals surface area contributed by atoms with Crippen LogP contribution in [0, 0.1) is 5.92 Å². The summed E-state index contributed by atoms with van der Waals surface area (Å²) >= 11 is 0. The molecule has 1 aliphatic carbocycles. The van der Waals surface area contributed by atoms with Gasteiger partial charge in [0.15, 0.2) is 0 Å². The SMILES string of the molecule is CCOc1ccc(CN(C)C(=O)C2CCC2)cc1. The van der Waals surface area contributed by atoms with Crippen LogP contribution >= 0.6 is 0 Å². The molecule has 0 heterocycles. The molecule has 18 heavy (non-hydrogen) atoms. The second-order valence-electron chi connectivity index (χ2n) is 4.90. The first-order valence-corrected chi connectivity index (χ1v) is 6.67. The number of benzene rings is 1. The fourth-order valence-corrected chi connectivity index (χ4v) is 2.18. The fourth-order valence-electron chi connectivity index (χ4n) is 2.18. The monoisotopic (exact) mass is 247 g/mol. The van der Waals surface area contributed by atoms with E-state index < -0.39 is 0 Å². The molecule has 3 nitrogen and oxygen atoms in total.